The van der Waals surface area contributed by atoms with Crippen LogP contribution in [0.15, 0.2) is 53.9 Å². The van der Waals surface area contributed by atoms with Crippen molar-refractivity contribution in [1.82, 2.24) is 4.98 Å². The third kappa shape index (κ3) is 4.41. The highest BCUT2D eigenvalue weighted by molar-refractivity contribution is 7.92. The lowest BCUT2D eigenvalue weighted by atomic mass is 10.1. The number of hydrogen-bond acceptors (Lipinski definition) is 6. The molecule has 3 aromatic rings. The first-order chi connectivity index (χ1) is 13.9. The minimum absolute atomic E-state index is 0.0188. The molecule has 0 spiro atoms. The van der Waals surface area contributed by atoms with E-state index in [0.717, 1.165) is 11.1 Å². The topological polar surface area (TPSA) is 88.6 Å². The lowest BCUT2D eigenvalue weighted by molar-refractivity contribution is -0.120. The molecule has 150 valence electrons. The Balaban J connectivity index is 1.48. The van der Waals surface area contributed by atoms with Gasteiger partial charge in [0.05, 0.1) is 17.1 Å². The Kier molecular flexibility index (Phi) is 5.25. The summed E-state index contributed by atoms with van der Waals surface area (Å²) in [6.45, 7) is 0.0223. The number of carbonyl (C=O) groups is 1. The fourth-order valence-electron chi connectivity index (χ4n) is 2.97. The minimum atomic E-state index is -3.51. The molecule has 0 saturated carbocycles. The van der Waals surface area contributed by atoms with Crippen LogP contribution in [0.1, 0.15) is 5.56 Å². The molecule has 29 heavy (non-hydrogen) atoms. The smallest absolute Gasteiger partial charge is 0.264 e. The van der Waals surface area contributed by atoms with Crippen LogP contribution in [0.5, 0.6) is 5.75 Å². The van der Waals surface area contributed by atoms with E-state index in [1.807, 2.05) is 42.5 Å². The highest BCUT2D eigenvalue weighted by Crippen LogP contribution is 2.36. The van der Waals surface area contributed by atoms with E-state index in [1.54, 1.807) is 23.4 Å². The maximum absolute atomic E-state index is 12.4. The van der Waals surface area contributed by atoms with Crippen molar-refractivity contribution in [3.8, 4) is 17.0 Å². The molecule has 7 nitrogen and oxygen atoms in total. The summed E-state index contributed by atoms with van der Waals surface area (Å²) in [7, 11) is -1.81. The maximum atomic E-state index is 12.4. The number of aryl methyl sites for hydroxylation is 1. The summed E-state index contributed by atoms with van der Waals surface area (Å²) in [5, 5.41) is 2.09. The van der Waals surface area contributed by atoms with E-state index < -0.39 is 10.0 Å². The Bertz CT molecular complexity index is 1140. The lowest BCUT2D eigenvalue weighted by Crippen LogP contribution is -2.35. The third-order valence-electron chi connectivity index (χ3n) is 4.59. The number of nitrogens with zero attached hydrogens (tertiary/aromatic N) is 2. The van der Waals surface area contributed by atoms with Gasteiger partial charge < -0.3 is 9.64 Å². The Labute approximate surface area is 173 Å². The van der Waals surface area contributed by atoms with E-state index in [1.165, 1.54) is 11.3 Å². The van der Waals surface area contributed by atoms with Gasteiger partial charge in [0.2, 0.25) is 10.0 Å². The van der Waals surface area contributed by atoms with Crippen molar-refractivity contribution in [3.05, 3.63) is 59.5 Å². The van der Waals surface area contributed by atoms with Crippen molar-refractivity contribution in [3.63, 3.8) is 0 Å². The summed E-state index contributed by atoms with van der Waals surface area (Å²) in [5.74, 6) is 0.488. The molecule has 0 saturated heterocycles. The average Bonchev–Trinajstić information content (AvgIpc) is 3.18. The van der Waals surface area contributed by atoms with Gasteiger partial charge >= 0.3 is 0 Å². The summed E-state index contributed by atoms with van der Waals surface area (Å²) < 4.78 is 32.7. The van der Waals surface area contributed by atoms with Crippen LogP contribution >= 0.6 is 11.3 Å². The number of sulfonamides is 1. The summed E-state index contributed by atoms with van der Waals surface area (Å²) in [6.07, 6.45) is 0.430. The third-order valence-corrected chi connectivity index (χ3v) is 6.72. The zero-order valence-electron chi connectivity index (χ0n) is 15.7. The van der Waals surface area contributed by atoms with Crippen LogP contribution in [0, 0.1) is 0 Å². The van der Waals surface area contributed by atoms with Crippen LogP contribution in [-0.2, 0) is 21.2 Å². The Hall–Kier alpha value is -2.91. The van der Waals surface area contributed by atoms with Crippen LogP contribution in [0.4, 0.5) is 10.8 Å². The normalized spacial score (nSPS) is 13.7. The number of fused-ring (bicyclic) bond motifs is 1. The van der Waals surface area contributed by atoms with Gasteiger partial charge in [0.25, 0.3) is 5.91 Å². The number of aromatic nitrogens is 1. The van der Waals surface area contributed by atoms with Gasteiger partial charge in [-0.1, -0.05) is 30.3 Å². The zero-order valence-corrected chi connectivity index (χ0v) is 17.3. The SMILES string of the molecule is CN1C(=O)COc2ccc(-c3csc(NS(=O)(=O)CCc4ccccc4)n3)cc21. The minimum Gasteiger partial charge on any atom is -0.482 e. The second kappa shape index (κ2) is 7.84. The molecule has 9 heteroatoms. The summed E-state index contributed by atoms with van der Waals surface area (Å²) in [6, 6.07) is 14.9. The highest BCUT2D eigenvalue weighted by atomic mass is 32.2. The largest absolute Gasteiger partial charge is 0.482 e. The van der Waals surface area contributed by atoms with Gasteiger partial charge in [-0.15, -0.1) is 11.3 Å². The number of hydrogen-bond donors (Lipinski definition) is 1. The second-order valence-electron chi connectivity index (χ2n) is 6.62. The first-order valence-electron chi connectivity index (χ1n) is 8.95. The maximum Gasteiger partial charge on any atom is 0.264 e. The van der Waals surface area contributed by atoms with Gasteiger partial charge in [0.15, 0.2) is 11.7 Å². The number of carbonyl (C=O) groups excluding carboxylic acids is 1. The molecule has 1 amide bonds. The second-order valence-corrected chi connectivity index (χ2v) is 9.32. The van der Waals surface area contributed by atoms with Crippen LogP contribution in [0.2, 0.25) is 0 Å². The van der Waals surface area contributed by atoms with Gasteiger partial charge in [0.1, 0.15) is 5.75 Å². The van der Waals surface area contributed by atoms with E-state index in [-0.39, 0.29) is 18.3 Å². The molecule has 1 aliphatic rings. The Morgan fingerprint density at radius 3 is 2.79 bits per heavy atom. The fraction of sp³-hybridized carbons (Fsp3) is 0.200. The molecule has 1 N–H and O–H groups in total. The number of ether oxygens (including phenoxy) is 1. The molecular weight excluding hydrogens is 410 g/mol. The molecule has 0 bridgehead atoms. The van der Waals surface area contributed by atoms with E-state index in [9.17, 15) is 13.2 Å². The number of thiazole rings is 1. The molecule has 4 rings (SSSR count). The van der Waals surface area contributed by atoms with E-state index in [2.05, 4.69) is 9.71 Å². The average molecular weight is 430 g/mol. The quantitative estimate of drug-likeness (QED) is 0.650. The molecule has 0 radical (unpaired) electrons. The number of benzene rings is 2. The fourth-order valence-corrected chi connectivity index (χ4v) is 5.02. The van der Waals surface area contributed by atoms with Crippen molar-refractivity contribution >= 4 is 38.1 Å². The molecule has 1 aromatic heterocycles. The number of rotatable bonds is 6. The molecule has 2 aromatic carbocycles. The van der Waals surface area contributed by atoms with Crippen LogP contribution < -0.4 is 14.4 Å². The molecule has 0 aliphatic carbocycles. The molecule has 0 fully saturated rings. The molecule has 0 atom stereocenters. The number of anilines is 2. The molecule has 0 unspecified atom stereocenters. The van der Waals surface area contributed by atoms with E-state index in [0.29, 0.717) is 28.7 Å². The Morgan fingerprint density at radius 1 is 1.21 bits per heavy atom. The molecule has 1 aliphatic heterocycles. The molecular formula is C20H19N3O4S2. The van der Waals surface area contributed by atoms with E-state index >= 15 is 0 Å². The van der Waals surface area contributed by atoms with Crippen molar-refractivity contribution in [1.29, 1.82) is 0 Å². The van der Waals surface area contributed by atoms with Crippen molar-refractivity contribution in [2.75, 3.05) is 29.0 Å². The van der Waals surface area contributed by atoms with Gasteiger partial charge in [-0.3, -0.25) is 9.52 Å². The van der Waals surface area contributed by atoms with Crippen LogP contribution in [0.3, 0.4) is 0 Å². The van der Waals surface area contributed by atoms with Crippen molar-refractivity contribution in [2.24, 2.45) is 0 Å². The van der Waals surface area contributed by atoms with Crippen LogP contribution in [-0.4, -0.2) is 38.7 Å². The standard InChI is InChI=1S/C20H19N3O4S2/c1-23-17-11-15(7-8-18(17)27-12-19(23)24)16-13-28-20(21-16)22-29(25,26)10-9-14-5-3-2-4-6-14/h2-8,11,13H,9-10,12H2,1H3,(H,21,22). The zero-order chi connectivity index (χ0) is 20.4. The van der Waals surface area contributed by atoms with Crippen molar-refractivity contribution in [2.45, 2.75) is 6.42 Å². The number of nitrogens with one attached hydrogen (secondary N) is 1. The van der Waals surface area contributed by atoms with Gasteiger partial charge in [-0.2, -0.15) is 0 Å². The van der Waals surface area contributed by atoms with Gasteiger partial charge in [-0.25, -0.2) is 13.4 Å². The summed E-state index contributed by atoms with van der Waals surface area (Å²) >= 11 is 1.22. The van der Waals surface area contributed by atoms with Gasteiger partial charge in [0, 0.05) is 18.0 Å². The predicted octanol–water partition coefficient (Wildman–Crippen LogP) is 3.15. The highest BCUT2D eigenvalue weighted by Gasteiger charge is 2.23. The predicted molar refractivity (Wildman–Crippen MR) is 114 cm³/mol. The first kappa shape index (κ1) is 19.4. The summed E-state index contributed by atoms with van der Waals surface area (Å²) in [4.78, 5) is 17.8. The first-order valence-corrected chi connectivity index (χ1v) is 11.5. The molecule has 2 heterocycles. The van der Waals surface area contributed by atoms with Gasteiger partial charge in [-0.05, 0) is 30.2 Å². The monoisotopic (exact) mass is 429 g/mol. The van der Waals surface area contributed by atoms with E-state index in [4.69, 9.17) is 4.74 Å². The Morgan fingerprint density at radius 2 is 2.00 bits per heavy atom. The number of amides is 1. The lowest BCUT2D eigenvalue weighted by Gasteiger charge is -2.26. The van der Waals surface area contributed by atoms with Crippen molar-refractivity contribution < 1.29 is 17.9 Å². The summed E-state index contributed by atoms with van der Waals surface area (Å²) in [5.41, 5.74) is 3.04. The van der Waals surface area contributed by atoms with Crippen LogP contribution in [0.25, 0.3) is 11.3 Å². The number of likely N-dealkylation sites (N-methyl/N-ethyl adjacent to an activating group) is 1.